The highest BCUT2D eigenvalue weighted by atomic mass is 16.5. The molecule has 1 aromatic rings. The number of anilines is 1. The molecule has 3 rings (SSSR count). The topological polar surface area (TPSA) is 120 Å². The molecule has 0 spiro atoms. The highest BCUT2D eigenvalue weighted by molar-refractivity contribution is 5.94. The molecule has 0 bridgehead atoms. The lowest BCUT2D eigenvalue weighted by Gasteiger charge is -2.42. The van der Waals surface area contributed by atoms with Crippen molar-refractivity contribution in [3.63, 3.8) is 0 Å². The molecule has 2 saturated heterocycles. The zero-order chi connectivity index (χ0) is 23.1. The van der Waals surface area contributed by atoms with E-state index in [0.717, 1.165) is 13.1 Å². The molecule has 174 valence electrons. The van der Waals surface area contributed by atoms with Crippen molar-refractivity contribution in [1.82, 2.24) is 20.4 Å². The van der Waals surface area contributed by atoms with Crippen molar-refractivity contribution in [1.29, 1.82) is 0 Å². The summed E-state index contributed by atoms with van der Waals surface area (Å²) in [5.41, 5.74) is 0.644. The Hall–Kier alpha value is -3.14. The van der Waals surface area contributed by atoms with Crippen molar-refractivity contribution >= 4 is 29.5 Å². The van der Waals surface area contributed by atoms with Crippen LogP contribution in [0.3, 0.4) is 0 Å². The summed E-state index contributed by atoms with van der Waals surface area (Å²) in [6.45, 7) is 3.63. The lowest BCUT2D eigenvalue weighted by Crippen LogP contribution is -2.64. The molecule has 2 aliphatic rings. The molecule has 0 aliphatic carbocycles. The number of nitrogens with zero attached hydrogens (tertiary/aromatic N) is 2. The number of amides is 4. The summed E-state index contributed by atoms with van der Waals surface area (Å²) in [4.78, 5) is 53.9. The van der Waals surface area contributed by atoms with Gasteiger partial charge in [0.2, 0.25) is 11.8 Å². The molecular formula is C22H31N5O5. The van der Waals surface area contributed by atoms with Gasteiger partial charge in [-0.05, 0) is 45.0 Å². The van der Waals surface area contributed by atoms with Gasteiger partial charge in [0.15, 0.2) is 0 Å². The van der Waals surface area contributed by atoms with Gasteiger partial charge in [0, 0.05) is 24.7 Å². The average Bonchev–Trinajstić information content (AvgIpc) is 2.83. The molecule has 10 nitrogen and oxygen atoms in total. The number of carbonyl (C=O) groups excluding carboxylic acids is 4. The van der Waals surface area contributed by atoms with E-state index in [1.807, 2.05) is 18.2 Å². The number of urea groups is 1. The predicted octanol–water partition coefficient (Wildman–Crippen LogP) is 0.409. The Morgan fingerprint density at radius 2 is 1.78 bits per heavy atom. The SMILES string of the molecule is COC(=O)C(C)NC(=O)C1CN(C(=O)Nc2ccccc2)CCN1C(=O)C1CCNCC1. The van der Waals surface area contributed by atoms with Crippen LogP contribution in [0.2, 0.25) is 0 Å². The first-order valence-electron chi connectivity index (χ1n) is 10.9. The maximum atomic E-state index is 13.2. The molecule has 2 fully saturated rings. The monoisotopic (exact) mass is 445 g/mol. The van der Waals surface area contributed by atoms with Gasteiger partial charge >= 0.3 is 12.0 Å². The van der Waals surface area contributed by atoms with Crippen LogP contribution in [0.25, 0.3) is 0 Å². The molecule has 32 heavy (non-hydrogen) atoms. The molecule has 4 amide bonds. The number of esters is 1. The van der Waals surface area contributed by atoms with E-state index in [-0.39, 0.29) is 30.9 Å². The number of benzene rings is 1. The molecule has 2 aliphatic heterocycles. The zero-order valence-electron chi connectivity index (χ0n) is 18.5. The molecule has 0 saturated carbocycles. The van der Waals surface area contributed by atoms with Gasteiger partial charge in [-0.1, -0.05) is 18.2 Å². The number of hydrogen-bond donors (Lipinski definition) is 3. The molecule has 3 N–H and O–H groups in total. The van der Waals surface area contributed by atoms with E-state index in [9.17, 15) is 19.2 Å². The van der Waals surface area contributed by atoms with Gasteiger partial charge < -0.3 is 30.5 Å². The minimum atomic E-state index is -0.889. The minimum absolute atomic E-state index is 0.0368. The second-order valence-electron chi connectivity index (χ2n) is 8.07. The number of methoxy groups -OCH3 is 1. The summed E-state index contributed by atoms with van der Waals surface area (Å²) in [6, 6.07) is 6.93. The van der Waals surface area contributed by atoms with Crippen LogP contribution in [0.15, 0.2) is 30.3 Å². The number of piperidine rings is 1. The van der Waals surface area contributed by atoms with E-state index < -0.39 is 24.0 Å². The van der Waals surface area contributed by atoms with Crippen LogP contribution in [-0.2, 0) is 19.1 Å². The average molecular weight is 446 g/mol. The Morgan fingerprint density at radius 3 is 2.44 bits per heavy atom. The third-order valence-corrected chi connectivity index (χ3v) is 5.88. The van der Waals surface area contributed by atoms with E-state index in [2.05, 4.69) is 20.7 Å². The van der Waals surface area contributed by atoms with Gasteiger partial charge in [-0.15, -0.1) is 0 Å². The van der Waals surface area contributed by atoms with Crippen molar-refractivity contribution in [2.24, 2.45) is 5.92 Å². The number of piperazine rings is 1. The first-order valence-corrected chi connectivity index (χ1v) is 10.9. The largest absolute Gasteiger partial charge is 0.467 e. The van der Waals surface area contributed by atoms with Crippen molar-refractivity contribution in [2.45, 2.75) is 31.8 Å². The Labute approximate surface area is 187 Å². The molecule has 2 heterocycles. The Bertz CT molecular complexity index is 827. The van der Waals surface area contributed by atoms with Gasteiger partial charge in [-0.25, -0.2) is 9.59 Å². The lowest BCUT2D eigenvalue weighted by molar-refractivity contribution is -0.149. The smallest absolute Gasteiger partial charge is 0.328 e. The molecule has 1 aromatic carbocycles. The Kier molecular flexibility index (Phi) is 8.04. The van der Waals surface area contributed by atoms with Crippen molar-refractivity contribution in [3.8, 4) is 0 Å². The highest BCUT2D eigenvalue weighted by Gasteiger charge is 2.40. The molecule has 2 atom stereocenters. The first-order chi connectivity index (χ1) is 15.4. The summed E-state index contributed by atoms with van der Waals surface area (Å²) in [5.74, 6) is -1.30. The number of nitrogens with one attached hydrogen (secondary N) is 3. The normalized spacial score (nSPS) is 20.2. The molecule has 0 aromatic heterocycles. The summed E-state index contributed by atoms with van der Waals surface area (Å²) in [7, 11) is 1.24. The van der Waals surface area contributed by atoms with E-state index >= 15 is 0 Å². The number of carbonyl (C=O) groups is 4. The number of para-hydroxylation sites is 1. The van der Waals surface area contributed by atoms with Crippen molar-refractivity contribution in [2.75, 3.05) is 45.2 Å². The molecule has 0 radical (unpaired) electrons. The van der Waals surface area contributed by atoms with Gasteiger partial charge in [0.05, 0.1) is 13.7 Å². The fourth-order valence-electron chi connectivity index (χ4n) is 4.03. The quantitative estimate of drug-likeness (QED) is 0.565. The molecule has 10 heteroatoms. The summed E-state index contributed by atoms with van der Waals surface area (Å²) < 4.78 is 4.68. The van der Waals surface area contributed by atoms with E-state index in [0.29, 0.717) is 25.1 Å². The van der Waals surface area contributed by atoms with E-state index in [1.54, 1.807) is 17.0 Å². The maximum Gasteiger partial charge on any atom is 0.328 e. The number of hydrogen-bond acceptors (Lipinski definition) is 6. The third-order valence-electron chi connectivity index (χ3n) is 5.88. The first kappa shape index (κ1) is 23.5. The van der Waals surface area contributed by atoms with Crippen molar-refractivity contribution in [3.05, 3.63) is 30.3 Å². The minimum Gasteiger partial charge on any atom is -0.467 e. The summed E-state index contributed by atoms with van der Waals surface area (Å²) in [5, 5.41) is 8.67. The van der Waals surface area contributed by atoms with Crippen LogP contribution in [0.5, 0.6) is 0 Å². The summed E-state index contributed by atoms with van der Waals surface area (Å²) >= 11 is 0. The summed E-state index contributed by atoms with van der Waals surface area (Å²) in [6.07, 6.45) is 1.42. The van der Waals surface area contributed by atoms with Crippen LogP contribution in [0, 0.1) is 5.92 Å². The predicted molar refractivity (Wildman–Crippen MR) is 118 cm³/mol. The van der Waals surface area contributed by atoms with Gasteiger partial charge in [-0.3, -0.25) is 9.59 Å². The van der Waals surface area contributed by atoms with Gasteiger partial charge in [0.25, 0.3) is 0 Å². The van der Waals surface area contributed by atoms with E-state index in [1.165, 1.54) is 18.9 Å². The standard InChI is InChI=1S/C22H31N5O5/c1-15(21(30)32-2)24-19(28)18-14-26(22(31)25-17-6-4-3-5-7-17)12-13-27(18)20(29)16-8-10-23-11-9-16/h3-7,15-16,18,23H,8-14H2,1-2H3,(H,24,28)(H,25,31). The fourth-order valence-corrected chi connectivity index (χ4v) is 4.03. The number of ether oxygens (including phenoxy) is 1. The lowest BCUT2D eigenvalue weighted by atomic mass is 9.95. The van der Waals surface area contributed by atoms with Crippen LogP contribution in [0.1, 0.15) is 19.8 Å². The third kappa shape index (κ3) is 5.76. The Morgan fingerprint density at radius 1 is 1.09 bits per heavy atom. The Balaban J connectivity index is 1.73. The fraction of sp³-hybridized carbons (Fsp3) is 0.545. The van der Waals surface area contributed by atoms with Crippen LogP contribution >= 0.6 is 0 Å². The van der Waals surface area contributed by atoms with Crippen LogP contribution < -0.4 is 16.0 Å². The van der Waals surface area contributed by atoms with Crippen molar-refractivity contribution < 1.29 is 23.9 Å². The molecule has 2 unspecified atom stereocenters. The zero-order valence-corrected chi connectivity index (χ0v) is 18.5. The molecular weight excluding hydrogens is 414 g/mol. The van der Waals surface area contributed by atoms with E-state index in [4.69, 9.17) is 0 Å². The van der Waals surface area contributed by atoms with Gasteiger partial charge in [-0.2, -0.15) is 0 Å². The van der Waals surface area contributed by atoms with Crippen LogP contribution in [-0.4, -0.2) is 85.5 Å². The number of rotatable bonds is 5. The highest BCUT2D eigenvalue weighted by Crippen LogP contribution is 2.21. The second-order valence-corrected chi connectivity index (χ2v) is 8.07. The maximum absolute atomic E-state index is 13.2. The second kappa shape index (κ2) is 10.9. The van der Waals surface area contributed by atoms with Gasteiger partial charge in [0.1, 0.15) is 12.1 Å². The van der Waals surface area contributed by atoms with Crippen LogP contribution in [0.4, 0.5) is 10.5 Å².